The van der Waals surface area contributed by atoms with E-state index in [0.717, 1.165) is 29.6 Å². The summed E-state index contributed by atoms with van der Waals surface area (Å²) in [4.78, 5) is 8.55. The highest BCUT2D eigenvalue weighted by atomic mass is 15.3. The summed E-state index contributed by atoms with van der Waals surface area (Å²) in [5, 5.41) is 4.21. The topological polar surface area (TPSA) is 69.1 Å². The van der Waals surface area contributed by atoms with Crippen LogP contribution in [-0.2, 0) is 6.42 Å². The minimum atomic E-state index is 0.556. The largest absolute Gasteiger partial charge is 0.396 e. The van der Waals surface area contributed by atoms with Crippen LogP contribution in [-0.4, -0.2) is 19.6 Å². The second kappa shape index (κ2) is 7.71. The third-order valence-corrected chi connectivity index (χ3v) is 5.52. The number of aromatic nitrogens is 4. The first kappa shape index (κ1) is 19.7. The van der Waals surface area contributed by atoms with E-state index in [-0.39, 0.29) is 0 Å². The Morgan fingerprint density at radius 2 is 1.68 bits per heavy atom. The van der Waals surface area contributed by atoms with Crippen LogP contribution in [0.3, 0.4) is 0 Å². The second-order valence-corrected chi connectivity index (χ2v) is 8.60. The molecule has 3 rings (SSSR count). The van der Waals surface area contributed by atoms with E-state index in [9.17, 15) is 0 Å². The Labute approximate surface area is 152 Å². The molecule has 0 unspecified atom stereocenters. The minimum Gasteiger partial charge on any atom is -0.396 e. The summed E-state index contributed by atoms with van der Waals surface area (Å²) in [6, 6.07) is 0. The van der Waals surface area contributed by atoms with Crippen molar-refractivity contribution in [2.24, 2.45) is 17.3 Å². The molecule has 0 atom stereocenters. The highest BCUT2D eigenvalue weighted by Crippen LogP contribution is 2.39. The van der Waals surface area contributed by atoms with Crippen LogP contribution in [0.25, 0.3) is 5.78 Å². The lowest BCUT2D eigenvalue weighted by atomic mass is 9.70. The third-order valence-electron chi connectivity index (χ3n) is 5.52. The Hall–Kier alpha value is -1.65. The zero-order chi connectivity index (χ0) is 18.8. The highest BCUT2D eigenvalue weighted by Gasteiger charge is 2.27. The molecule has 0 amide bonds. The SMILES string of the molecule is CC1CCC(C(C)(C)C)CC1.CCc1nc2nc(C)nn2c(C)c1N. The molecule has 0 aromatic carbocycles. The zero-order valence-corrected chi connectivity index (χ0v) is 17.1. The highest BCUT2D eigenvalue weighted by molar-refractivity contribution is 5.51. The number of nitrogens with two attached hydrogens (primary N) is 1. The zero-order valence-electron chi connectivity index (χ0n) is 17.1. The first-order chi connectivity index (χ1) is 11.6. The van der Waals surface area contributed by atoms with Crippen molar-refractivity contribution in [2.45, 2.75) is 80.6 Å². The maximum absolute atomic E-state index is 5.92. The lowest BCUT2D eigenvalue weighted by molar-refractivity contribution is 0.155. The fraction of sp³-hybridized carbons (Fsp3) is 0.750. The smallest absolute Gasteiger partial charge is 0.253 e. The number of nitrogen functional groups attached to an aromatic ring is 1. The van der Waals surface area contributed by atoms with Crippen LogP contribution in [0, 0.1) is 31.1 Å². The molecule has 5 nitrogen and oxygen atoms in total. The number of hydrogen-bond donors (Lipinski definition) is 1. The van der Waals surface area contributed by atoms with E-state index in [4.69, 9.17) is 5.73 Å². The van der Waals surface area contributed by atoms with Crippen LogP contribution in [0.5, 0.6) is 0 Å². The van der Waals surface area contributed by atoms with Gasteiger partial charge in [-0.1, -0.05) is 47.5 Å². The minimum absolute atomic E-state index is 0.556. The molecule has 0 saturated heterocycles. The fourth-order valence-corrected chi connectivity index (χ4v) is 3.60. The summed E-state index contributed by atoms with van der Waals surface area (Å²) < 4.78 is 1.68. The van der Waals surface area contributed by atoms with Crippen LogP contribution in [0.15, 0.2) is 0 Å². The van der Waals surface area contributed by atoms with Crippen molar-refractivity contribution in [2.75, 3.05) is 5.73 Å². The van der Waals surface area contributed by atoms with Gasteiger partial charge in [-0.15, -0.1) is 5.10 Å². The maximum atomic E-state index is 5.92. The molecule has 5 heteroatoms. The Kier molecular flexibility index (Phi) is 6.07. The van der Waals surface area contributed by atoms with E-state index < -0.39 is 0 Å². The van der Waals surface area contributed by atoms with Crippen molar-refractivity contribution in [3.05, 3.63) is 17.2 Å². The van der Waals surface area contributed by atoms with Gasteiger partial charge in [0.1, 0.15) is 5.82 Å². The number of fused-ring (bicyclic) bond motifs is 1. The summed E-state index contributed by atoms with van der Waals surface area (Å²) in [6.45, 7) is 15.3. The first-order valence-corrected chi connectivity index (χ1v) is 9.61. The van der Waals surface area contributed by atoms with E-state index in [2.05, 4.69) is 42.8 Å². The standard InChI is InChI=1S/C11H22.C9H13N5/c1-9-5-7-10(8-6-9)11(2,3)4;1-4-7-8(10)5(2)14-9(12-7)11-6(3)13-14/h9-10H,5-8H2,1-4H3;4,10H2,1-3H3. The molecule has 2 aromatic heterocycles. The molecule has 2 aromatic rings. The van der Waals surface area contributed by atoms with Crippen molar-refractivity contribution in [1.29, 1.82) is 0 Å². The van der Waals surface area contributed by atoms with Gasteiger partial charge in [0.05, 0.1) is 17.1 Å². The number of nitrogens with zero attached hydrogens (tertiary/aromatic N) is 4. The average Bonchev–Trinajstić information content (AvgIpc) is 2.92. The predicted octanol–water partition coefficient (Wildman–Crippen LogP) is 4.74. The normalized spacial score (nSPS) is 21.1. The van der Waals surface area contributed by atoms with Crippen molar-refractivity contribution in [3.63, 3.8) is 0 Å². The van der Waals surface area contributed by atoms with E-state index in [1.165, 1.54) is 25.7 Å². The quantitative estimate of drug-likeness (QED) is 0.810. The molecule has 1 aliphatic carbocycles. The van der Waals surface area contributed by atoms with Crippen LogP contribution in [0.4, 0.5) is 5.69 Å². The van der Waals surface area contributed by atoms with Gasteiger partial charge in [-0.25, -0.2) is 4.98 Å². The van der Waals surface area contributed by atoms with Gasteiger partial charge in [0, 0.05) is 0 Å². The van der Waals surface area contributed by atoms with E-state index in [0.29, 0.717) is 22.7 Å². The van der Waals surface area contributed by atoms with Crippen LogP contribution in [0.1, 0.15) is 77.5 Å². The van der Waals surface area contributed by atoms with Crippen LogP contribution < -0.4 is 5.73 Å². The van der Waals surface area contributed by atoms with Gasteiger partial charge in [0.2, 0.25) is 0 Å². The third kappa shape index (κ3) is 4.71. The molecule has 0 aliphatic heterocycles. The summed E-state index contributed by atoms with van der Waals surface area (Å²) in [5.41, 5.74) is 8.99. The van der Waals surface area contributed by atoms with E-state index in [1.807, 2.05) is 20.8 Å². The Morgan fingerprint density at radius 1 is 1.08 bits per heavy atom. The monoisotopic (exact) mass is 345 g/mol. The number of rotatable bonds is 1. The van der Waals surface area contributed by atoms with Crippen LogP contribution in [0.2, 0.25) is 0 Å². The van der Waals surface area contributed by atoms with Gasteiger partial charge in [-0.05, 0) is 50.4 Å². The summed E-state index contributed by atoms with van der Waals surface area (Å²) in [6.07, 6.45) is 6.66. The van der Waals surface area contributed by atoms with Crippen molar-refractivity contribution in [3.8, 4) is 0 Å². The second-order valence-electron chi connectivity index (χ2n) is 8.60. The van der Waals surface area contributed by atoms with Gasteiger partial charge in [-0.2, -0.15) is 9.50 Å². The lowest BCUT2D eigenvalue weighted by Gasteiger charge is -2.35. The molecule has 25 heavy (non-hydrogen) atoms. The molecular weight excluding hydrogens is 310 g/mol. The molecular formula is C20H35N5. The summed E-state index contributed by atoms with van der Waals surface area (Å²) in [7, 11) is 0. The van der Waals surface area contributed by atoms with Crippen molar-refractivity contribution < 1.29 is 0 Å². The number of anilines is 1. The molecule has 1 aliphatic rings. The van der Waals surface area contributed by atoms with Crippen molar-refractivity contribution >= 4 is 11.5 Å². The molecule has 0 radical (unpaired) electrons. The fourth-order valence-electron chi connectivity index (χ4n) is 3.60. The van der Waals surface area contributed by atoms with Crippen LogP contribution >= 0.6 is 0 Å². The molecule has 1 saturated carbocycles. The summed E-state index contributed by atoms with van der Waals surface area (Å²) >= 11 is 0. The van der Waals surface area contributed by atoms with E-state index in [1.54, 1.807) is 4.52 Å². The molecule has 2 heterocycles. The Morgan fingerprint density at radius 3 is 2.20 bits per heavy atom. The van der Waals surface area contributed by atoms with Gasteiger partial charge < -0.3 is 5.73 Å². The average molecular weight is 346 g/mol. The van der Waals surface area contributed by atoms with Crippen molar-refractivity contribution in [1.82, 2.24) is 19.6 Å². The van der Waals surface area contributed by atoms with Gasteiger partial charge >= 0.3 is 0 Å². The lowest BCUT2D eigenvalue weighted by Crippen LogP contribution is -2.24. The Bertz CT molecular complexity index is 703. The molecule has 1 fully saturated rings. The number of aryl methyl sites for hydroxylation is 3. The molecule has 140 valence electrons. The molecule has 2 N–H and O–H groups in total. The van der Waals surface area contributed by atoms with Gasteiger partial charge in [0.15, 0.2) is 0 Å². The molecule has 0 spiro atoms. The summed E-state index contributed by atoms with van der Waals surface area (Å²) in [5.74, 6) is 3.33. The van der Waals surface area contributed by atoms with Gasteiger partial charge in [0.25, 0.3) is 5.78 Å². The number of hydrogen-bond acceptors (Lipinski definition) is 4. The van der Waals surface area contributed by atoms with E-state index >= 15 is 0 Å². The maximum Gasteiger partial charge on any atom is 0.253 e. The first-order valence-electron chi connectivity index (χ1n) is 9.61. The van der Waals surface area contributed by atoms with Gasteiger partial charge in [-0.3, -0.25) is 0 Å². The predicted molar refractivity (Wildman–Crippen MR) is 105 cm³/mol. The molecule has 0 bridgehead atoms. The Balaban J connectivity index is 0.000000186.